The number of hydrogen-bond acceptors (Lipinski definition) is 4. The molecular formula is C24H31N3O3S. The van der Waals surface area contributed by atoms with Crippen LogP contribution in [0.2, 0.25) is 0 Å². The van der Waals surface area contributed by atoms with E-state index in [9.17, 15) is 13.2 Å². The summed E-state index contributed by atoms with van der Waals surface area (Å²) >= 11 is 0. The van der Waals surface area contributed by atoms with E-state index in [0.29, 0.717) is 11.3 Å². The van der Waals surface area contributed by atoms with Crippen molar-refractivity contribution in [3.05, 3.63) is 59.7 Å². The van der Waals surface area contributed by atoms with Crippen LogP contribution < -0.4 is 4.31 Å². The van der Waals surface area contributed by atoms with E-state index in [-0.39, 0.29) is 16.8 Å². The second kappa shape index (κ2) is 9.01. The largest absolute Gasteiger partial charge is 0.334 e. The highest BCUT2D eigenvalue weighted by Gasteiger charge is 2.32. The second-order valence-electron chi connectivity index (χ2n) is 8.64. The van der Waals surface area contributed by atoms with Gasteiger partial charge in [-0.2, -0.15) is 0 Å². The van der Waals surface area contributed by atoms with Gasteiger partial charge in [-0.05, 0) is 76.0 Å². The number of nitrogens with zero attached hydrogens (tertiary/aromatic N) is 3. The maximum Gasteiger partial charge on any atom is 0.264 e. The van der Waals surface area contributed by atoms with E-state index in [1.807, 2.05) is 24.0 Å². The smallest absolute Gasteiger partial charge is 0.264 e. The monoisotopic (exact) mass is 441 g/mol. The van der Waals surface area contributed by atoms with E-state index in [1.165, 1.54) is 23.2 Å². The summed E-state index contributed by atoms with van der Waals surface area (Å²) in [7, 11) is -2.22. The molecule has 0 aliphatic carbocycles. The lowest BCUT2D eigenvalue weighted by molar-refractivity contribution is 0.0708. The van der Waals surface area contributed by atoms with Crippen LogP contribution in [0.25, 0.3) is 0 Å². The third-order valence-corrected chi connectivity index (χ3v) is 8.22. The number of likely N-dealkylation sites (tertiary alicyclic amines) is 2. The molecule has 7 heteroatoms. The molecule has 2 aliphatic rings. The average molecular weight is 442 g/mol. The number of carbonyl (C=O) groups is 1. The Labute approximate surface area is 185 Å². The Balaban J connectivity index is 1.54. The summed E-state index contributed by atoms with van der Waals surface area (Å²) in [6, 6.07) is 14.0. The molecule has 0 N–H and O–H groups in total. The molecule has 0 bridgehead atoms. The lowest BCUT2D eigenvalue weighted by Gasteiger charge is -2.28. The lowest BCUT2D eigenvalue weighted by atomic mass is 10.1. The summed E-state index contributed by atoms with van der Waals surface area (Å²) in [5, 5.41) is 0. The molecule has 1 atom stereocenters. The molecule has 1 amide bonds. The van der Waals surface area contributed by atoms with Gasteiger partial charge in [0.2, 0.25) is 0 Å². The van der Waals surface area contributed by atoms with Gasteiger partial charge in [0.05, 0.1) is 10.6 Å². The van der Waals surface area contributed by atoms with Crippen LogP contribution in [0, 0.1) is 6.92 Å². The van der Waals surface area contributed by atoms with Crippen molar-refractivity contribution in [2.45, 2.75) is 43.5 Å². The van der Waals surface area contributed by atoms with Gasteiger partial charge in [-0.15, -0.1) is 0 Å². The van der Waals surface area contributed by atoms with Crippen LogP contribution in [0.1, 0.15) is 41.6 Å². The molecule has 6 nitrogen and oxygen atoms in total. The normalized spacial score (nSPS) is 19.7. The topological polar surface area (TPSA) is 60.9 Å². The molecule has 2 saturated heterocycles. The molecule has 0 spiro atoms. The molecule has 2 aromatic carbocycles. The van der Waals surface area contributed by atoms with Crippen molar-refractivity contribution in [1.82, 2.24) is 9.80 Å². The molecule has 2 fully saturated rings. The third-order valence-electron chi connectivity index (χ3n) is 6.44. The first-order valence-corrected chi connectivity index (χ1v) is 12.5. The van der Waals surface area contributed by atoms with Gasteiger partial charge >= 0.3 is 0 Å². The Hall–Kier alpha value is -2.38. The van der Waals surface area contributed by atoms with Crippen LogP contribution in [0.4, 0.5) is 5.69 Å². The summed E-state index contributed by atoms with van der Waals surface area (Å²) in [5.74, 6) is -0.0725. The van der Waals surface area contributed by atoms with Crippen LogP contribution in [-0.2, 0) is 10.0 Å². The zero-order valence-corrected chi connectivity index (χ0v) is 19.1. The van der Waals surface area contributed by atoms with Gasteiger partial charge in [0.15, 0.2) is 0 Å². The van der Waals surface area contributed by atoms with Gasteiger partial charge in [0.1, 0.15) is 0 Å². The average Bonchev–Trinajstić information content (AvgIpc) is 3.46. The van der Waals surface area contributed by atoms with Crippen molar-refractivity contribution in [3.63, 3.8) is 0 Å². The zero-order chi connectivity index (χ0) is 22.0. The molecule has 0 saturated carbocycles. The Morgan fingerprint density at radius 3 is 2.45 bits per heavy atom. The zero-order valence-electron chi connectivity index (χ0n) is 18.3. The minimum Gasteiger partial charge on any atom is -0.334 e. The highest BCUT2D eigenvalue weighted by atomic mass is 32.2. The predicted molar refractivity (Wildman–Crippen MR) is 123 cm³/mol. The van der Waals surface area contributed by atoms with Crippen LogP contribution in [0.3, 0.4) is 0 Å². The van der Waals surface area contributed by atoms with E-state index in [0.717, 1.165) is 44.6 Å². The van der Waals surface area contributed by atoms with Crippen LogP contribution in [0.5, 0.6) is 0 Å². The van der Waals surface area contributed by atoms with Gasteiger partial charge in [0, 0.05) is 31.7 Å². The quantitative estimate of drug-likeness (QED) is 0.688. The number of sulfonamides is 1. The molecule has 1 unspecified atom stereocenters. The van der Waals surface area contributed by atoms with Gasteiger partial charge < -0.3 is 9.80 Å². The molecule has 2 aliphatic heterocycles. The molecule has 2 heterocycles. The lowest BCUT2D eigenvalue weighted by Crippen LogP contribution is -2.42. The molecule has 2 aromatic rings. The Bertz CT molecular complexity index is 1030. The number of benzene rings is 2. The number of anilines is 1. The van der Waals surface area contributed by atoms with E-state index in [4.69, 9.17) is 0 Å². The number of amides is 1. The molecule has 0 aromatic heterocycles. The van der Waals surface area contributed by atoms with E-state index in [1.54, 1.807) is 37.4 Å². The van der Waals surface area contributed by atoms with Crippen LogP contribution in [-0.4, -0.2) is 63.4 Å². The van der Waals surface area contributed by atoms with Gasteiger partial charge in [0.25, 0.3) is 15.9 Å². The summed E-state index contributed by atoms with van der Waals surface area (Å²) < 4.78 is 27.7. The van der Waals surface area contributed by atoms with E-state index < -0.39 is 10.0 Å². The fourth-order valence-electron chi connectivity index (χ4n) is 4.56. The highest BCUT2D eigenvalue weighted by molar-refractivity contribution is 7.92. The van der Waals surface area contributed by atoms with Crippen molar-refractivity contribution in [3.8, 4) is 0 Å². The second-order valence-corrected chi connectivity index (χ2v) is 10.6. The Kier molecular flexibility index (Phi) is 6.34. The molecule has 0 radical (unpaired) electrons. The maximum atomic E-state index is 13.3. The van der Waals surface area contributed by atoms with Crippen molar-refractivity contribution in [2.75, 3.05) is 37.5 Å². The maximum absolute atomic E-state index is 13.3. The summed E-state index contributed by atoms with van der Waals surface area (Å²) in [4.78, 5) is 17.8. The minimum absolute atomic E-state index is 0.0725. The van der Waals surface area contributed by atoms with Crippen LogP contribution >= 0.6 is 0 Å². The van der Waals surface area contributed by atoms with Gasteiger partial charge in [-0.1, -0.05) is 23.8 Å². The molecule has 4 rings (SSSR count). The first-order chi connectivity index (χ1) is 14.9. The predicted octanol–water partition coefficient (Wildman–Crippen LogP) is 3.52. The molecule has 31 heavy (non-hydrogen) atoms. The summed E-state index contributed by atoms with van der Waals surface area (Å²) in [5.41, 5.74) is 2.09. The molecular weight excluding hydrogens is 410 g/mol. The third kappa shape index (κ3) is 4.62. The number of carbonyl (C=O) groups excluding carboxylic acids is 1. The number of rotatable bonds is 6. The Morgan fingerprint density at radius 2 is 1.74 bits per heavy atom. The van der Waals surface area contributed by atoms with Crippen molar-refractivity contribution >= 4 is 21.6 Å². The number of aryl methyl sites for hydroxylation is 1. The fourth-order valence-corrected chi connectivity index (χ4v) is 5.81. The Morgan fingerprint density at radius 1 is 1.03 bits per heavy atom. The number of hydrogen-bond donors (Lipinski definition) is 0. The highest BCUT2D eigenvalue weighted by Crippen LogP contribution is 2.26. The SMILES string of the molecule is Cc1ccc(N(C)S(=O)(=O)c2cccc(C(=O)N3CCCC3CN3CCCC3)c2)cc1. The standard InChI is InChI=1S/C24H31N3O3S/c1-19-10-12-21(13-11-19)25(2)31(29,30)23-9-5-7-20(17-23)24(28)27-16-6-8-22(27)18-26-14-3-4-15-26/h5,7,9-13,17,22H,3-4,6,8,14-16,18H2,1-2H3. The van der Waals surface area contributed by atoms with E-state index in [2.05, 4.69) is 4.90 Å². The summed E-state index contributed by atoms with van der Waals surface area (Å²) in [6.45, 7) is 5.83. The van der Waals surface area contributed by atoms with Gasteiger partial charge in [-0.3, -0.25) is 9.10 Å². The van der Waals surface area contributed by atoms with Crippen molar-refractivity contribution in [2.24, 2.45) is 0 Å². The van der Waals surface area contributed by atoms with Crippen molar-refractivity contribution < 1.29 is 13.2 Å². The summed E-state index contributed by atoms with van der Waals surface area (Å²) in [6.07, 6.45) is 4.47. The van der Waals surface area contributed by atoms with Crippen LogP contribution in [0.15, 0.2) is 53.4 Å². The first kappa shape index (κ1) is 21.8. The van der Waals surface area contributed by atoms with Gasteiger partial charge in [-0.25, -0.2) is 8.42 Å². The van der Waals surface area contributed by atoms with E-state index >= 15 is 0 Å². The minimum atomic E-state index is -3.76. The fraction of sp³-hybridized carbons (Fsp3) is 0.458. The first-order valence-electron chi connectivity index (χ1n) is 11.1. The van der Waals surface area contributed by atoms with Crippen molar-refractivity contribution in [1.29, 1.82) is 0 Å². The molecule has 166 valence electrons.